The maximum absolute atomic E-state index is 3.89. The quantitative estimate of drug-likeness (QED) is 0.414. The Kier molecular flexibility index (Phi) is 5.17. The van der Waals surface area contributed by atoms with Gasteiger partial charge in [0.05, 0.1) is 0 Å². The first kappa shape index (κ1) is 16.6. The van der Waals surface area contributed by atoms with Crippen LogP contribution < -0.4 is 0 Å². The second-order valence-electron chi connectivity index (χ2n) is 7.42. The third-order valence-corrected chi connectivity index (χ3v) is 27.6. The molecule has 0 aliphatic heterocycles. The van der Waals surface area contributed by atoms with Gasteiger partial charge in [-0.2, -0.15) is 0 Å². The number of hydrogen-bond acceptors (Lipinski definition) is 0. The van der Waals surface area contributed by atoms with Crippen molar-refractivity contribution in [2.45, 2.75) is 77.8 Å². The summed E-state index contributed by atoms with van der Waals surface area (Å²) in [6.45, 7) is 22.0. The van der Waals surface area contributed by atoms with Crippen LogP contribution in [-0.2, 0) is 15.5 Å². The Hall–Kier alpha value is 1.57. The van der Waals surface area contributed by atoms with Gasteiger partial charge in [-0.05, 0) is 0 Å². The van der Waals surface area contributed by atoms with Crippen molar-refractivity contribution in [2.24, 2.45) is 0 Å². The van der Waals surface area contributed by atoms with E-state index in [1.807, 2.05) is 0 Å². The van der Waals surface area contributed by atoms with E-state index in [0.29, 0.717) is 30.9 Å². The van der Waals surface area contributed by atoms with Gasteiger partial charge in [0.15, 0.2) is 0 Å². The average molecular weight is 390 g/mol. The molecule has 99 valence electrons. The van der Waals surface area contributed by atoms with Gasteiger partial charge >= 0.3 is 112 Å². The van der Waals surface area contributed by atoms with Crippen molar-refractivity contribution in [1.29, 1.82) is 0 Å². The van der Waals surface area contributed by atoms with Crippen LogP contribution in [0.1, 0.15) is 62.3 Å². The van der Waals surface area contributed by atoms with Gasteiger partial charge in [0.25, 0.3) is 0 Å². The topological polar surface area (TPSA) is 0 Å². The van der Waals surface area contributed by atoms with Crippen LogP contribution >= 0.6 is 18.9 Å². The van der Waals surface area contributed by atoms with E-state index in [0.717, 1.165) is 0 Å². The summed E-state index contributed by atoms with van der Waals surface area (Å²) in [5, 5.41) is 1.34. The molecule has 0 aliphatic carbocycles. The Morgan fingerprint density at radius 1 is 0.667 bits per heavy atom. The van der Waals surface area contributed by atoms with Crippen LogP contribution in [0.2, 0.25) is 0 Å². The second kappa shape index (κ2) is 4.68. The van der Waals surface area contributed by atoms with Crippen molar-refractivity contribution in [3.63, 3.8) is 0 Å². The Balaban J connectivity index is 5.78. The maximum atomic E-state index is 3.89. The van der Waals surface area contributed by atoms with E-state index < -0.39 is 5.45 Å². The molecule has 0 aromatic carbocycles. The molecule has 0 fully saturated rings. The molecule has 15 heavy (non-hydrogen) atoms. The summed E-state index contributed by atoms with van der Waals surface area (Å²) in [5.41, 5.74) is -1.41. The molecule has 0 saturated heterocycles. The zero-order valence-corrected chi connectivity index (χ0v) is 15.8. The molecule has 0 saturated carbocycles. The van der Waals surface area contributed by atoms with Crippen molar-refractivity contribution in [3.8, 4) is 0 Å². The summed E-state index contributed by atoms with van der Waals surface area (Å²) in [6, 6.07) is 0. The Morgan fingerprint density at radius 3 is 0.867 bits per heavy atom. The summed E-state index contributed by atoms with van der Waals surface area (Å²) < 4.78 is 0. The fourth-order valence-electron chi connectivity index (χ4n) is 3.64. The van der Waals surface area contributed by atoms with E-state index in [1.54, 1.807) is 0 Å². The average Bonchev–Trinajstić information content (AvgIpc) is 1.76. The minimum absolute atomic E-state index is 0.446. The minimum atomic E-state index is -1.41. The standard InChI is InChI=1S/C12H27P.BrH.Pd/c1-10(2,3)13(11(4,5)6)12(7,8)9;;/h1-9H3;1H;/q;;-1. The van der Waals surface area contributed by atoms with Gasteiger partial charge in [0, 0.05) is 0 Å². The fourth-order valence-corrected chi connectivity index (χ4v) is 34.9. The Morgan fingerprint density at radius 2 is 0.867 bits per heavy atom. The number of halogens is 1. The zero-order chi connectivity index (χ0) is 12.7. The Bertz CT molecular complexity index is 181. The van der Waals surface area contributed by atoms with Crippen LogP contribution in [-0.4, -0.2) is 15.5 Å². The van der Waals surface area contributed by atoms with Crippen molar-refractivity contribution in [3.05, 3.63) is 0 Å². The van der Waals surface area contributed by atoms with Gasteiger partial charge in [-0.15, -0.1) is 0 Å². The third kappa shape index (κ3) is 2.88. The predicted molar refractivity (Wildman–Crippen MR) is 76.5 cm³/mol. The molecule has 0 N–H and O–H groups in total. The molecule has 0 bridgehead atoms. The molecule has 0 spiro atoms. The summed E-state index contributed by atoms with van der Waals surface area (Å²) in [4.78, 5) is 0. The molecule has 0 unspecified atom stereocenters. The molecule has 0 atom stereocenters. The van der Waals surface area contributed by atoms with E-state index in [1.165, 1.54) is 0 Å². The molecule has 0 rings (SSSR count). The van der Waals surface area contributed by atoms with E-state index in [4.69, 9.17) is 0 Å². The van der Waals surface area contributed by atoms with E-state index in [-0.39, 0.29) is 0 Å². The van der Waals surface area contributed by atoms with Gasteiger partial charge in [-0.25, -0.2) is 0 Å². The van der Waals surface area contributed by atoms with Crippen LogP contribution in [0, 0.1) is 0 Å². The summed E-state index contributed by atoms with van der Waals surface area (Å²) in [7, 11) is 0. The summed E-state index contributed by atoms with van der Waals surface area (Å²) in [6.07, 6.45) is 0. The molecule has 0 aliphatic rings. The van der Waals surface area contributed by atoms with Gasteiger partial charge in [0.1, 0.15) is 0 Å². The SMILES string of the molecule is CC(C)(C)[PH]([Pd-][Br])(C(C)(C)C)C(C)(C)C. The van der Waals surface area contributed by atoms with E-state index in [9.17, 15) is 0 Å². The fraction of sp³-hybridized carbons (Fsp3) is 1.00. The van der Waals surface area contributed by atoms with Gasteiger partial charge in [-0.3, -0.25) is 0 Å². The summed E-state index contributed by atoms with van der Waals surface area (Å²) in [5.74, 6) is 0. The molecular formula is C12H28BrPPd-. The van der Waals surface area contributed by atoms with Crippen molar-refractivity contribution >= 4 is 18.9 Å². The predicted octanol–water partition coefficient (Wildman–Crippen LogP) is 5.44. The van der Waals surface area contributed by atoms with Gasteiger partial charge in [0.2, 0.25) is 0 Å². The molecule has 0 aromatic rings. The molecule has 0 nitrogen and oxygen atoms in total. The van der Waals surface area contributed by atoms with Crippen LogP contribution in [0.4, 0.5) is 0 Å². The molecule has 3 heteroatoms. The molecule has 0 radical (unpaired) electrons. The normalized spacial score (nSPS) is 16.9. The van der Waals surface area contributed by atoms with Crippen LogP contribution in [0.25, 0.3) is 0 Å². The summed E-state index contributed by atoms with van der Waals surface area (Å²) >= 11 is 4.60. The molecule has 0 heterocycles. The number of rotatable bonds is 1. The first-order chi connectivity index (χ1) is 6.31. The second-order valence-corrected chi connectivity index (χ2v) is 22.1. The first-order valence-electron chi connectivity index (χ1n) is 5.53. The number of hydrogen-bond donors (Lipinski definition) is 0. The monoisotopic (exact) mass is 388 g/mol. The molecule has 0 aromatic heterocycles. The Labute approximate surface area is 112 Å². The van der Waals surface area contributed by atoms with Crippen LogP contribution in [0.3, 0.4) is 0 Å². The first-order valence-corrected chi connectivity index (χ1v) is 13.2. The van der Waals surface area contributed by atoms with Crippen molar-refractivity contribution in [2.75, 3.05) is 0 Å². The van der Waals surface area contributed by atoms with Crippen molar-refractivity contribution < 1.29 is 15.5 Å². The van der Waals surface area contributed by atoms with E-state index >= 15 is 0 Å². The molecule has 0 amide bonds. The van der Waals surface area contributed by atoms with Crippen LogP contribution in [0.5, 0.6) is 0 Å². The zero-order valence-electron chi connectivity index (χ0n) is 11.7. The van der Waals surface area contributed by atoms with Crippen LogP contribution in [0.15, 0.2) is 0 Å². The van der Waals surface area contributed by atoms with Gasteiger partial charge < -0.3 is 0 Å². The third-order valence-electron chi connectivity index (χ3n) is 3.05. The van der Waals surface area contributed by atoms with Gasteiger partial charge in [-0.1, -0.05) is 0 Å². The molecular weight excluding hydrogens is 361 g/mol. The van der Waals surface area contributed by atoms with E-state index in [2.05, 4.69) is 75.7 Å². The van der Waals surface area contributed by atoms with Crippen molar-refractivity contribution in [1.82, 2.24) is 0 Å².